The van der Waals surface area contributed by atoms with E-state index in [1.807, 2.05) is 0 Å². The van der Waals surface area contributed by atoms with Crippen LogP contribution in [0.15, 0.2) is 18.2 Å². The number of methoxy groups -OCH3 is 1. The van der Waals surface area contributed by atoms with Crippen LogP contribution in [-0.2, 0) is 0 Å². The number of ether oxygens (including phenoxy) is 1. The highest BCUT2D eigenvalue weighted by atomic mass is 16.5. The summed E-state index contributed by atoms with van der Waals surface area (Å²) in [6.45, 7) is 3.02. The van der Waals surface area contributed by atoms with Gasteiger partial charge >= 0.3 is 0 Å². The van der Waals surface area contributed by atoms with Crippen molar-refractivity contribution in [1.29, 1.82) is 0 Å². The third-order valence-corrected chi connectivity index (χ3v) is 4.04. The Bertz CT molecular complexity index is 666. The van der Waals surface area contributed by atoms with Crippen LogP contribution in [0, 0.1) is 11.8 Å². The summed E-state index contributed by atoms with van der Waals surface area (Å²) in [5.41, 5.74) is 0.817. The molecule has 22 heavy (non-hydrogen) atoms. The molecule has 1 fully saturated rings. The van der Waals surface area contributed by atoms with Gasteiger partial charge in [0.2, 0.25) is 0 Å². The number of carbonyl (C=O) groups excluding carboxylic acids is 2. The zero-order valence-corrected chi connectivity index (χ0v) is 12.6. The summed E-state index contributed by atoms with van der Waals surface area (Å²) in [6, 6.07) is 4.92. The number of nitrogens with zero attached hydrogens (tertiary/aromatic N) is 2. The first-order valence-electron chi connectivity index (χ1n) is 7.43. The number of rotatable bonds is 3. The van der Waals surface area contributed by atoms with Crippen LogP contribution < -0.4 is 4.74 Å². The van der Waals surface area contributed by atoms with E-state index in [1.54, 1.807) is 18.2 Å². The quantitative estimate of drug-likeness (QED) is 0.625. The van der Waals surface area contributed by atoms with Gasteiger partial charge in [0.15, 0.2) is 0 Å². The van der Waals surface area contributed by atoms with E-state index >= 15 is 0 Å². The number of benzene rings is 1. The fourth-order valence-corrected chi connectivity index (χ4v) is 2.78. The van der Waals surface area contributed by atoms with Crippen molar-refractivity contribution in [2.75, 3.05) is 33.3 Å². The minimum Gasteiger partial charge on any atom is -0.497 e. The molecule has 0 atom stereocenters. The normalized spacial score (nSPS) is 17.4. The minimum atomic E-state index is -0.297. The van der Waals surface area contributed by atoms with Crippen molar-refractivity contribution >= 4 is 11.8 Å². The molecule has 0 unspecified atom stereocenters. The van der Waals surface area contributed by atoms with Crippen molar-refractivity contribution in [2.45, 2.75) is 12.8 Å². The molecule has 0 aliphatic carbocycles. The third kappa shape index (κ3) is 2.70. The molecule has 2 aliphatic rings. The molecule has 1 aromatic rings. The summed E-state index contributed by atoms with van der Waals surface area (Å²) in [5.74, 6) is 5.98. The van der Waals surface area contributed by atoms with Gasteiger partial charge in [0.25, 0.3) is 11.8 Å². The number of carbonyl (C=O) groups is 2. The van der Waals surface area contributed by atoms with Gasteiger partial charge in [0.1, 0.15) is 5.75 Å². The van der Waals surface area contributed by atoms with Crippen LogP contribution in [0.4, 0.5) is 0 Å². The zero-order chi connectivity index (χ0) is 15.5. The minimum absolute atomic E-state index is 0.141. The Morgan fingerprint density at radius 1 is 1.05 bits per heavy atom. The molecule has 0 aromatic heterocycles. The zero-order valence-electron chi connectivity index (χ0n) is 12.6. The van der Waals surface area contributed by atoms with Gasteiger partial charge in [0, 0.05) is 0 Å². The molecule has 1 saturated heterocycles. The fraction of sp³-hybridized carbons (Fsp3) is 0.412. The van der Waals surface area contributed by atoms with Gasteiger partial charge in [-0.3, -0.25) is 19.4 Å². The second kappa shape index (κ2) is 6.20. The average Bonchev–Trinajstić information content (AvgIpc) is 3.13. The van der Waals surface area contributed by atoms with Crippen molar-refractivity contribution in [2.24, 2.45) is 0 Å². The molecule has 0 saturated carbocycles. The highest BCUT2D eigenvalue weighted by Gasteiger charge is 2.35. The molecule has 1 aromatic carbocycles. The number of amides is 2. The lowest BCUT2D eigenvalue weighted by Crippen LogP contribution is -2.30. The van der Waals surface area contributed by atoms with Crippen LogP contribution in [0.1, 0.15) is 33.6 Å². The molecule has 2 amide bonds. The van der Waals surface area contributed by atoms with Gasteiger partial charge in [-0.15, -0.1) is 0 Å². The van der Waals surface area contributed by atoms with Gasteiger partial charge in [-0.1, -0.05) is 11.8 Å². The van der Waals surface area contributed by atoms with Crippen LogP contribution in [0.2, 0.25) is 0 Å². The number of fused-ring (bicyclic) bond motifs is 1. The van der Waals surface area contributed by atoms with Gasteiger partial charge in [0.05, 0.1) is 31.3 Å². The van der Waals surface area contributed by atoms with Crippen LogP contribution in [-0.4, -0.2) is 54.9 Å². The SMILES string of the molecule is COc1ccc2c(c1)C(=O)N(CC#CCN1CCCC1)C2=O. The van der Waals surface area contributed by atoms with E-state index in [0.717, 1.165) is 13.1 Å². The summed E-state index contributed by atoms with van der Waals surface area (Å²) < 4.78 is 5.10. The smallest absolute Gasteiger partial charge is 0.262 e. The maximum Gasteiger partial charge on any atom is 0.262 e. The lowest BCUT2D eigenvalue weighted by Gasteiger charge is -2.10. The topological polar surface area (TPSA) is 49.9 Å². The predicted octanol–water partition coefficient (Wildman–Crippen LogP) is 1.39. The van der Waals surface area contributed by atoms with E-state index in [4.69, 9.17) is 4.74 Å². The maximum atomic E-state index is 12.3. The molecular weight excluding hydrogens is 280 g/mol. The van der Waals surface area contributed by atoms with Crippen molar-refractivity contribution in [3.05, 3.63) is 29.3 Å². The third-order valence-electron chi connectivity index (χ3n) is 4.04. The summed E-state index contributed by atoms with van der Waals surface area (Å²) >= 11 is 0. The monoisotopic (exact) mass is 298 g/mol. The van der Waals surface area contributed by atoms with E-state index in [2.05, 4.69) is 16.7 Å². The van der Waals surface area contributed by atoms with Crippen LogP contribution in [0.25, 0.3) is 0 Å². The van der Waals surface area contributed by atoms with Crippen LogP contribution in [0.3, 0.4) is 0 Å². The first-order chi connectivity index (χ1) is 10.7. The number of hydrogen-bond acceptors (Lipinski definition) is 4. The summed E-state index contributed by atoms with van der Waals surface area (Å²) in [4.78, 5) is 28.0. The van der Waals surface area contributed by atoms with Gasteiger partial charge in [-0.05, 0) is 44.1 Å². The molecule has 0 radical (unpaired) electrons. The molecule has 0 N–H and O–H groups in total. The van der Waals surface area contributed by atoms with Gasteiger partial charge in [-0.2, -0.15) is 0 Å². The highest BCUT2D eigenvalue weighted by Crippen LogP contribution is 2.26. The predicted molar refractivity (Wildman–Crippen MR) is 81.8 cm³/mol. The molecule has 5 heteroatoms. The second-order valence-corrected chi connectivity index (χ2v) is 5.44. The van der Waals surface area contributed by atoms with Crippen molar-refractivity contribution < 1.29 is 14.3 Å². The molecule has 0 bridgehead atoms. The molecule has 5 nitrogen and oxygen atoms in total. The standard InChI is InChI=1S/C17H18N2O3/c1-22-13-6-7-14-15(12-13)17(21)19(16(14)20)11-5-4-10-18-8-2-3-9-18/h6-7,12H,2-3,8-11H2,1H3. The van der Waals surface area contributed by atoms with E-state index in [9.17, 15) is 9.59 Å². The Labute approximate surface area is 129 Å². The summed E-state index contributed by atoms with van der Waals surface area (Å²) in [7, 11) is 1.53. The van der Waals surface area contributed by atoms with Crippen LogP contribution in [0.5, 0.6) is 5.75 Å². The first-order valence-corrected chi connectivity index (χ1v) is 7.43. The Balaban J connectivity index is 1.67. The fourth-order valence-electron chi connectivity index (χ4n) is 2.78. The molecular formula is C17H18N2O3. The Morgan fingerprint density at radius 2 is 1.73 bits per heavy atom. The average molecular weight is 298 g/mol. The van der Waals surface area contributed by atoms with E-state index in [1.165, 1.54) is 24.9 Å². The second-order valence-electron chi connectivity index (χ2n) is 5.44. The van der Waals surface area contributed by atoms with Crippen LogP contribution >= 0.6 is 0 Å². The Kier molecular flexibility index (Phi) is 4.12. The van der Waals surface area contributed by atoms with Gasteiger partial charge < -0.3 is 4.74 Å². The van der Waals surface area contributed by atoms with E-state index in [0.29, 0.717) is 23.4 Å². The Hall–Kier alpha value is -2.32. The Morgan fingerprint density at radius 3 is 2.45 bits per heavy atom. The number of likely N-dealkylation sites (tertiary alicyclic amines) is 1. The van der Waals surface area contributed by atoms with Crippen molar-refractivity contribution in [3.63, 3.8) is 0 Å². The first kappa shape index (κ1) is 14.6. The van der Waals surface area contributed by atoms with E-state index in [-0.39, 0.29) is 18.4 Å². The highest BCUT2D eigenvalue weighted by molar-refractivity contribution is 6.21. The van der Waals surface area contributed by atoms with E-state index < -0.39 is 0 Å². The number of imide groups is 1. The maximum absolute atomic E-state index is 12.3. The molecule has 114 valence electrons. The summed E-state index contributed by atoms with van der Waals surface area (Å²) in [5, 5.41) is 0. The molecule has 2 aliphatic heterocycles. The van der Waals surface area contributed by atoms with Crippen molar-refractivity contribution in [3.8, 4) is 17.6 Å². The molecule has 3 rings (SSSR count). The lowest BCUT2D eigenvalue weighted by atomic mass is 10.1. The van der Waals surface area contributed by atoms with Gasteiger partial charge in [-0.25, -0.2) is 0 Å². The molecule has 0 spiro atoms. The molecule has 2 heterocycles. The lowest BCUT2D eigenvalue weighted by molar-refractivity contribution is 0.0674. The summed E-state index contributed by atoms with van der Waals surface area (Å²) in [6.07, 6.45) is 2.45. The number of hydrogen-bond donors (Lipinski definition) is 0. The largest absolute Gasteiger partial charge is 0.497 e. The van der Waals surface area contributed by atoms with Crippen molar-refractivity contribution in [1.82, 2.24) is 9.80 Å².